The van der Waals surface area contributed by atoms with E-state index in [4.69, 9.17) is 0 Å². The molecule has 0 amide bonds. The van der Waals surface area contributed by atoms with Gasteiger partial charge in [0.1, 0.15) is 6.44 Å². The van der Waals surface area contributed by atoms with Gasteiger partial charge in [-0.25, -0.2) is 4.57 Å². The van der Waals surface area contributed by atoms with Crippen molar-refractivity contribution < 1.29 is 17.5 Å². The zero-order valence-corrected chi connectivity index (χ0v) is 9.17. The summed E-state index contributed by atoms with van der Waals surface area (Å²) in [4.78, 5) is 0. The van der Waals surface area contributed by atoms with E-state index >= 15 is 0 Å². The van der Waals surface area contributed by atoms with Gasteiger partial charge >= 0.3 is 6.98 Å². The van der Waals surface area contributed by atoms with Crippen molar-refractivity contribution in [3.8, 4) is 0 Å². The Balaban J connectivity index is 3.05. The second kappa shape index (κ2) is 4.25. The molecule has 0 bridgehead atoms. The number of nitrogens with zero attached hydrogens (tertiary/aromatic N) is 1. The van der Waals surface area contributed by atoms with Crippen molar-refractivity contribution in [2.45, 2.75) is 33.1 Å². The van der Waals surface area contributed by atoms with Gasteiger partial charge in [0.25, 0.3) is 0 Å². The molecule has 0 atom stereocenters. The molecule has 0 aromatic carbocycles. The lowest BCUT2D eigenvalue weighted by atomic mass is 9.91. The molecule has 1 heterocycles. The zero-order valence-electron chi connectivity index (χ0n) is 9.17. The van der Waals surface area contributed by atoms with Gasteiger partial charge in [-0.2, -0.15) is 0 Å². The Morgan fingerprint density at radius 3 is 2.40 bits per heavy atom. The fourth-order valence-corrected chi connectivity index (χ4v) is 1.68. The van der Waals surface area contributed by atoms with E-state index in [0.717, 1.165) is 5.56 Å². The van der Waals surface area contributed by atoms with Gasteiger partial charge in [-0.05, 0) is 12.0 Å². The van der Waals surface area contributed by atoms with E-state index in [1.807, 2.05) is 19.9 Å². The molecule has 1 aromatic rings. The van der Waals surface area contributed by atoms with E-state index in [0.29, 0.717) is 5.69 Å². The van der Waals surface area contributed by atoms with Crippen LogP contribution in [-0.2, 0) is 6.44 Å². The number of aromatic nitrogens is 1. The fraction of sp³-hybridized carbons (Fsp3) is 0.500. The van der Waals surface area contributed by atoms with Gasteiger partial charge < -0.3 is 12.9 Å². The first kappa shape index (κ1) is 12.1. The van der Waals surface area contributed by atoms with E-state index in [2.05, 4.69) is 0 Å². The highest BCUT2D eigenvalue weighted by Gasteiger charge is 2.30. The second-order valence-electron chi connectivity index (χ2n) is 4.07. The van der Waals surface area contributed by atoms with Crippen LogP contribution in [0.5, 0.6) is 0 Å². The third kappa shape index (κ3) is 3.25. The molecule has 0 radical (unpaired) electrons. The summed E-state index contributed by atoms with van der Waals surface area (Å²) in [6, 6.07) is 3.55. The normalized spacial score (nSPS) is 12.2. The predicted octanol–water partition coefficient (Wildman–Crippen LogP) is 2.79. The Morgan fingerprint density at radius 1 is 1.33 bits per heavy atom. The van der Waals surface area contributed by atoms with Gasteiger partial charge in [0, 0.05) is 18.6 Å². The minimum absolute atomic E-state index is 0.248. The van der Waals surface area contributed by atoms with Crippen molar-refractivity contribution in [3.63, 3.8) is 0 Å². The molecule has 0 aliphatic rings. The summed E-state index contributed by atoms with van der Waals surface area (Å²) in [6.07, 6.45) is 0.628. The molecule has 1 rings (SSSR count). The Labute approximate surface area is 88.0 Å². The largest absolute Gasteiger partial charge is 0.542 e. The van der Waals surface area contributed by atoms with E-state index in [-0.39, 0.29) is 5.92 Å². The topological polar surface area (TPSA) is 3.88 Å². The van der Waals surface area contributed by atoms with Gasteiger partial charge in [0.05, 0.1) is 0 Å². The number of hydrogen-bond donors (Lipinski definition) is 0. The van der Waals surface area contributed by atoms with Gasteiger partial charge in [-0.3, -0.25) is 0 Å². The summed E-state index contributed by atoms with van der Waals surface area (Å²) >= 11 is 0. The van der Waals surface area contributed by atoms with Gasteiger partial charge in [-0.15, -0.1) is 0 Å². The molecule has 0 aliphatic heterocycles. The molecule has 5 heteroatoms. The molecule has 0 unspecified atom stereocenters. The molecule has 84 valence electrons. The summed E-state index contributed by atoms with van der Waals surface area (Å²) in [5.41, 5.74) is 1.67. The maximum absolute atomic E-state index is 12.3. The Kier molecular flexibility index (Phi) is 3.42. The summed E-state index contributed by atoms with van der Waals surface area (Å²) in [5.74, 6) is 0.248. The van der Waals surface area contributed by atoms with E-state index < -0.39 is 13.4 Å². The van der Waals surface area contributed by atoms with Crippen LogP contribution in [-0.4, -0.2) is 6.98 Å². The molecule has 0 spiro atoms. The maximum Gasteiger partial charge on any atom is 0.542 e. The van der Waals surface area contributed by atoms with Gasteiger partial charge in [-0.1, -0.05) is 13.8 Å². The number of hydrogen-bond acceptors (Lipinski definition) is 0. The first-order valence-corrected chi connectivity index (χ1v) is 5.01. The summed E-state index contributed by atoms with van der Waals surface area (Å²) in [5, 5.41) is 0. The van der Waals surface area contributed by atoms with Crippen molar-refractivity contribution in [1.29, 1.82) is 0 Å². The summed E-state index contributed by atoms with van der Waals surface area (Å²) < 4.78 is 38.2. The van der Waals surface area contributed by atoms with Crippen LogP contribution in [0.2, 0.25) is 0 Å². The fourth-order valence-electron chi connectivity index (χ4n) is 1.68. The Morgan fingerprint density at radius 2 is 1.93 bits per heavy atom. The van der Waals surface area contributed by atoms with Crippen molar-refractivity contribution in [1.82, 2.24) is 0 Å². The van der Waals surface area contributed by atoms with Crippen LogP contribution < -0.4 is 4.57 Å². The highest BCUT2D eigenvalue weighted by atomic mass is 19.4. The monoisotopic (exact) mass is 217 g/mol. The molecule has 0 saturated carbocycles. The average molecular weight is 217 g/mol. The lowest BCUT2D eigenvalue weighted by Gasteiger charge is -2.13. The molecule has 0 fully saturated rings. The summed E-state index contributed by atoms with van der Waals surface area (Å²) in [7, 11) is 0. The van der Waals surface area contributed by atoms with E-state index in [9.17, 15) is 12.9 Å². The quantitative estimate of drug-likeness (QED) is 0.541. The third-order valence-corrected chi connectivity index (χ3v) is 2.42. The van der Waals surface area contributed by atoms with Crippen LogP contribution in [0, 0.1) is 6.92 Å². The van der Waals surface area contributed by atoms with Crippen molar-refractivity contribution in [3.05, 3.63) is 29.6 Å². The molecule has 15 heavy (non-hydrogen) atoms. The standard InChI is InChI=1S/C10H15BF3N/c1-8(2)10-5-4-6-15(9(10)3)7-11(12,13)14/h4-6,8H,7H2,1-3H3. The zero-order chi connectivity index (χ0) is 11.6. The molecule has 0 N–H and O–H groups in total. The first-order valence-electron chi connectivity index (χ1n) is 5.01. The lowest BCUT2D eigenvalue weighted by molar-refractivity contribution is -0.690. The smallest absolute Gasteiger partial charge is 0.445 e. The molecule has 0 saturated heterocycles. The molecular formula is C10H15BF3N. The molecular weight excluding hydrogens is 202 g/mol. The Hall–Kier alpha value is -0.995. The minimum Gasteiger partial charge on any atom is -0.445 e. The van der Waals surface area contributed by atoms with Crippen LogP contribution in [0.15, 0.2) is 18.3 Å². The number of rotatable bonds is 3. The number of halogens is 3. The van der Waals surface area contributed by atoms with Gasteiger partial charge in [0.15, 0.2) is 11.9 Å². The maximum atomic E-state index is 12.3. The predicted molar refractivity (Wildman–Crippen MR) is 54.5 cm³/mol. The van der Waals surface area contributed by atoms with E-state index in [1.165, 1.54) is 10.8 Å². The summed E-state index contributed by atoms with van der Waals surface area (Å²) in [6.45, 7) is 0.914. The molecule has 1 aromatic heterocycles. The van der Waals surface area contributed by atoms with Gasteiger partial charge in [0.2, 0.25) is 0 Å². The van der Waals surface area contributed by atoms with E-state index in [1.54, 1.807) is 13.0 Å². The second-order valence-corrected chi connectivity index (χ2v) is 4.07. The van der Waals surface area contributed by atoms with Crippen LogP contribution in [0.4, 0.5) is 12.9 Å². The van der Waals surface area contributed by atoms with Crippen molar-refractivity contribution in [2.24, 2.45) is 0 Å². The Bertz CT molecular complexity index is 347. The third-order valence-electron chi connectivity index (χ3n) is 2.42. The van der Waals surface area contributed by atoms with Crippen LogP contribution in [0.3, 0.4) is 0 Å². The van der Waals surface area contributed by atoms with Crippen molar-refractivity contribution in [2.75, 3.05) is 0 Å². The van der Waals surface area contributed by atoms with Crippen LogP contribution in [0.25, 0.3) is 0 Å². The highest BCUT2D eigenvalue weighted by Crippen LogP contribution is 2.16. The minimum atomic E-state index is -4.77. The first-order chi connectivity index (χ1) is 6.81. The SMILES string of the molecule is Cc1c(C(C)C)ccc[n+]1C[B-](F)(F)F. The highest BCUT2D eigenvalue weighted by molar-refractivity contribution is 6.56. The number of pyridine rings is 1. The molecule has 1 nitrogen and oxygen atoms in total. The van der Waals surface area contributed by atoms with Crippen molar-refractivity contribution >= 4 is 6.98 Å². The van der Waals surface area contributed by atoms with Crippen LogP contribution in [0.1, 0.15) is 31.0 Å². The average Bonchev–Trinajstić information content (AvgIpc) is 2.05. The van der Waals surface area contributed by atoms with Crippen LogP contribution >= 0.6 is 0 Å². The molecule has 0 aliphatic carbocycles. The lowest BCUT2D eigenvalue weighted by Crippen LogP contribution is -2.46.